The fourth-order valence-corrected chi connectivity index (χ4v) is 3.26. The first kappa shape index (κ1) is 15.0. The number of carbonyl (C=O) groups excluding carboxylic acids is 1. The molecular formula is C14H27NOS. The molecule has 0 spiro atoms. The lowest BCUT2D eigenvalue weighted by molar-refractivity contribution is -0.126. The second-order valence-electron chi connectivity index (χ2n) is 5.35. The molecule has 1 aliphatic rings. The van der Waals surface area contributed by atoms with Gasteiger partial charge in [-0.2, -0.15) is 11.8 Å². The van der Waals surface area contributed by atoms with Crippen LogP contribution in [0.15, 0.2) is 0 Å². The minimum Gasteiger partial charge on any atom is -0.305 e. The zero-order chi connectivity index (χ0) is 12.7. The van der Waals surface area contributed by atoms with Crippen molar-refractivity contribution in [2.75, 3.05) is 32.1 Å². The maximum atomic E-state index is 11.9. The highest BCUT2D eigenvalue weighted by Gasteiger charge is 2.28. The highest BCUT2D eigenvalue weighted by atomic mass is 32.2. The summed E-state index contributed by atoms with van der Waals surface area (Å²) in [4.78, 5) is 14.2. The third-order valence-corrected chi connectivity index (χ3v) is 4.37. The van der Waals surface area contributed by atoms with Gasteiger partial charge in [-0.25, -0.2) is 0 Å². The van der Waals surface area contributed by atoms with Gasteiger partial charge in [0.15, 0.2) is 0 Å². The van der Waals surface area contributed by atoms with Crippen molar-refractivity contribution in [1.82, 2.24) is 4.90 Å². The Morgan fingerprint density at radius 1 is 1.47 bits per heavy atom. The molecule has 0 N–H and O–H groups in total. The highest BCUT2D eigenvalue weighted by molar-refractivity contribution is 7.98. The van der Waals surface area contributed by atoms with E-state index in [-0.39, 0.29) is 0 Å². The van der Waals surface area contributed by atoms with E-state index in [9.17, 15) is 4.79 Å². The van der Waals surface area contributed by atoms with Gasteiger partial charge >= 0.3 is 0 Å². The summed E-state index contributed by atoms with van der Waals surface area (Å²) in [6, 6.07) is 0. The van der Waals surface area contributed by atoms with Crippen LogP contribution >= 0.6 is 11.8 Å². The molecule has 0 aromatic heterocycles. The van der Waals surface area contributed by atoms with Crippen molar-refractivity contribution in [2.24, 2.45) is 11.8 Å². The molecule has 0 radical (unpaired) electrons. The van der Waals surface area contributed by atoms with Gasteiger partial charge in [0.05, 0.1) is 0 Å². The summed E-state index contributed by atoms with van der Waals surface area (Å²) in [5.41, 5.74) is 0. The fourth-order valence-electron chi connectivity index (χ4n) is 2.76. The summed E-state index contributed by atoms with van der Waals surface area (Å²) in [7, 11) is 2.15. The Morgan fingerprint density at radius 2 is 2.24 bits per heavy atom. The fraction of sp³-hybridized carbons (Fsp3) is 0.929. The Kier molecular flexibility index (Phi) is 7.21. The Bertz CT molecular complexity index is 232. The standard InChI is InChI=1S/C14H27NOS/c1-4-5-12-6-7-14(16)13(10-12)11-15(2)8-9-17-3/h12-13H,4-11H2,1-3H3. The van der Waals surface area contributed by atoms with Crippen molar-refractivity contribution in [3.05, 3.63) is 0 Å². The van der Waals surface area contributed by atoms with Gasteiger partial charge in [0.25, 0.3) is 0 Å². The molecule has 100 valence electrons. The van der Waals surface area contributed by atoms with Crippen molar-refractivity contribution in [1.29, 1.82) is 0 Å². The van der Waals surface area contributed by atoms with E-state index in [0.29, 0.717) is 11.7 Å². The lowest BCUT2D eigenvalue weighted by Gasteiger charge is -2.30. The van der Waals surface area contributed by atoms with E-state index in [1.165, 1.54) is 12.8 Å². The second kappa shape index (κ2) is 8.15. The molecular weight excluding hydrogens is 230 g/mol. The number of ketones is 1. The van der Waals surface area contributed by atoms with Gasteiger partial charge in [-0.15, -0.1) is 0 Å². The zero-order valence-electron chi connectivity index (χ0n) is 11.6. The first-order valence-electron chi connectivity index (χ1n) is 6.87. The Morgan fingerprint density at radius 3 is 2.88 bits per heavy atom. The number of nitrogens with zero attached hydrogens (tertiary/aromatic N) is 1. The number of hydrogen-bond donors (Lipinski definition) is 0. The van der Waals surface area contributed by atoms with Crippen molar-refractivity contribution in [2.45, 2.75) is 39.0 Å². The van der Waals surface area contributed by atoms with Gasteiger partial charge in [-0.3, -0.25) is 4.79 Å². The molecule has 0 aromatic rings. The summed E-state index contributed by atoms with van der Waals surface area (Å²) in [5, 5.41) is 0. The first-order chi connectivity index (χ1) is 8.17. The second-order valence-corrected chi connectivity index (χ2v) is 6.33. The molecule has 2 atom stereocenters. The predicted octanol–water partition coefficient (Wildman–Crippen LogP) is 3.07. The van der Waals surface area contributed by atoms with Crippen LogP contribution in [0.5, 0.6) is 0 Å². The van der Waals surface area contributed by atoms with Crippen LogP contribution in [0, 0.1) is 11.8 Å². The number of rotatable bonds is 7. The average Bonchev–Trinajstić information content (AvgIpc) is 2.31. The molecule has 0 amide bonds. The SMILES string of the molecule is CCCC1CCC(=O)C(CN(C)CCSC)C1. The molecule has 2 nitrogen and oxygen atoms in total. The maximum absolute atomic E-state index is 11.9. The van der Waals surface area contributed by atoms with E-state index in [1.807, 2.05) is 11.8 Å². The summed E-state index contributed by atoms with van der Waals surface area (Å²) < 4.78 is 0. The van der Waals surface area contributed by atoms with Crippen LogP contribution < -0.4 is 0 Å². The van der Waals surface area contributed by atoms with E-state index >= 15 is 0 Å². The molecule has 1 fully saturated rings. The van der Waals surface area contributed by atoms with Crippen LogP contribution in [0.25, 0.3) is 0 Å². The van der Waals surface area contributed by atoms with Crippen molar-refractivity contribution >= 4 is 17.5 Å². The number of carbonyl (C=O) groups is 1. The van der Waals surface area contributed by atoms with Crippen LogP contribution in [0.1, 0.15) is 39.0 Å². The Balaban J connectivity index is 2.36. The molecule has 17 heavy (non-hydrogen) atoms. The summed E-state index contributed by atoms with van der Waals surface area (Å²) in [6.45, 7) is 4.32. The molecule has 3 heteroatoms. The summed E-state index contributed by atoms with van der Waals surface area (Å²) >= 11 is 1.87. The van der Waals surface area contributed by atoms with E-state index in [1.54, 1.807) is 0 Å². The van der Waals surface area contributed by atoms with Crippen molar-refractivity contribution in [3.8, 4) is 0 Å². The van der Waals surface area contributed by atoms with Crippen LogP contribution in [-0.4, -0.2) is 42.8 Å². The first-order valence-corrected chi connectivity index (χ1v) is 8.27. The molecule has 1 rings (SSSR count). The van der Waals surface area contributed by atoms with E-state index in [2.05, 4.69) is 25.1 Å². The van der Waals surface area contributed by atoms with E-state index < -0.39 is 0 Å². The zero-order valence-corrected chi connectivity index (χ0v) is 12.4. The Labute approximate surface area is 111 Å². The van der Waals surface area contributed by atoms with E-state index in [0.717, 1.165) is 44.0 Å². The van der Waals surface area contributed by atoms with E-state index in [4.69, 9.17) is 0 Å². The number of thioether (sulfide) groups is 1. The third-order valence-electron chi connectivity index (χ3n) is 3.78. The molecule has 0 aliphatic heterocycles. The quantitative estimate of drug-likeness (QED) is 0.699. The van der Waals surface area contributed by atoms with Crippen molar-refractivity contribution in [3.63, 3.8) is 0 Å². The largest absolute Gasteiger partial charge is 0.305 e. The summed E-state index contributed by atoms with van der Waals surface area (Å²) in [6.07, 6.45) is 7.79. The van der Waals surface area contributed by atoms with Gasteiger partial charge in [0, 0.05) is 31.2 Å². The molecule has 0 bridgehead atoms. The lowest BCUT2D eigenvalue weighted by atomic mass is 9.78. The van der Waals surface area contributed by atoms with Gasteiger partial charge < -0.3 is 4.90 Å². The summed E-state index contributed by atoms with van der Waals surface area (Å²) in [5.74, 6) is 2.78. The van der Waals surface area contributed by atoms with Gasteiger partial charge in [0.1, 0.15) is 5.78 Å². The van der Waals surface area contributed by atoms with Crippen molar-refractivity contribution < 1.29 is 4.79 Å². The molecule has 0 aromatic carbocycles. The molecule has 2 unspecified atom stereocenters. The number of hydrogen-bond acceptors (Lipinski definition) is 3. The van der Waals surface area contributed by atoms with Crippen LogP contribution in [-0.2, 0) is 4.79 Å². The minimum atomic E-state index is 0.312. The minimum absolute atomic E-state index is 0.312. The van der Waals surface area contributed by atoms with Crippen LogP contribution in [0.4, 0.5) is 0 Å². The Hall–Kier alpha value is -0.0200. The maximum Gasteiger partial charge on any atom is 0.137 e. The van der Waals surface area contributed by atoms with Gasteiger partial charge in [-0.1, -0.05) is 19.8 Å². The molecule has 1 aliphatic carbocycles. The number of Topliss-reactive ketones (excluding diaryl/α,β-unsaturated/α-hetero) is 1. The normalized spacial score (nSPS) is 25.5. The molecule has 0 heterocycles. The van der Waals surface area contributed by atoms with Gasteiger partial charge in [0.2, 0.25) is 0 Å². The molecule has 0 saturated heterocycles. The third kappa shape index (κ3) is 5.43. The van der Waals surface area contributed by atoms with Gasteiger partial charge in [-0.05, 0) is 32.1 Å². The monoisotopic (exact) mass is 257 g/mol. The lowest BCUT2D eigenvalue weighted by Crippen LogP contribution is -2.35. The highest BCUT2D eigenvalue weighted by Crippen LogP contribution is 2.30. The molecule has 1 saturated carbocycles. The predicted molar refractivity (Wildman–Crippen MR) is 76.6 cm³/mol. The average molecular weight is 257 g/mol. The smallest absolute Gasteiger partial charge is 0.137 e. The van der Waals surface area contributed by atoms with Crippen LogP contribution in [0.3, 0.4) is 0 Å². The topological polar surface area (TPSA) is 20.3 Å². The van der Waals surface area contributed by atoms with Crippen LogP contribution in [0.2, 0.25) is 0 Å².